The summed E-state index contributed by atoms with van der Waals surface area (Å²) in [6.45, 7) is 2.91. The van der Waals surface area contributed by atoms with Gasteiger partial charge in [-0.05, 0) is 35.2 Å². The van der Waals surface area contributed by atoms with Crippen molar-refractivity contribution in [3.63, 3.8) is 0 Å². The van der Waals surface area contributed by atoms with Crippen LogP contribution in [0.25, 0.3) is 17.1 Å². The molecule has 37 heavy (non-hydrogen) atoms. The lowest BCUT2D eigenvalue weighted by molar-refractivity contribution is -0.123. The van der Waals surface area contributed by atoms with E-state index in [4.69, 9.17) is 4.74 Å². The zero-order valence-corrected chi connectivity index (χ0v) is 20.3. The number of nitrogens with zero attached hydrogens (tertiary/aromatic N) is 5. The molecule has 0 saturated heterocycles. The molecule has 0 radical (unpaired) electrons. The first kappa shape index (κ1) is 25.7. The smallest absolute Gasteiger partial charge is 0.405 e. The van der Waals surface area contributed by atoms with Gasteiger partial charge in [-0.25, -0.2) is 4.98 Å². The van der Waals surface area contributed by atoms with Gasteiger partial charge >= 0.3 is 6.18 Å². The van der Waals surface area contributed by atoms with Gasteiger partial charge in [0.2, 0.25) is 5.82 Å². The second-order valence-corrected chi connectivity index (χ2v) is 8.65. The second kappa shape index (κ2) is 10.3. The number of hydrogen-bond acceptors (Lipinski definition) is 6. The number of halogens is 3. The molecule has 2 N–H and O–H groups in total. The Balaban J connectivity index is 1.81. The SMILES string of the molecule is COc1cc(O)c(-c2nnc(C(=O)NCC(F)(F)F)n2-c2ccc(Cn3ccnc3)cc2)cc1C(C)C. The van der Waals surface area contributed by atoms with Gasteiger partial charge < -0.3 is 19.7 Å². The molecule has 9 nitrogen and oxygen atoms in total. The number of imidazole rings is 1. The molecule has 0 bridgehead atoms. The summed E-state index contributed by atoms with van der Waals surface area (Å²) in [6, 6.07) is 10.1. The molecule has 0 fully saturated rings. The Morgan fingerprint density at radius 1 is 1.16 bits per heavy atom. The summed E-state index contributed by atoms with van der Waals surface area (Å²) in [6.07, 6.45) is 0.552. The Kier molecular flexibility index (Phi) is 7.18. The molecule has 0 aliphatic carbocycles. The fourth-order valence-electron chi connectivity index (χ4n) is 3.84. The first-order valence-corrected chi connectivity index (χ1v) is 11.3. The Bertz CT molecular complexity index is 1380. The van der Waals surface area contributed by atoms with Crippen LogP contribution in [0, 0.1) is 0 Å². The quantitative estimate of drug-likeness (QED) is 0.363. The molecule has 1 amide bonds. The molecule has 2 aromatic carbocycles. The molecule has 4 rings (SSSR count). The fraction of sp³-hybridized carbons (Fsp3) is 0.280. The molecule has 0 spiro atoms. The lowest BCUT2D eigenvalue weighted by atomic mass is 9.98. The number of benzene rings is 2. The summed E-state index contributed by atoms with van der Waals surface area (Å²) >= 11 is 0. The molecule has 2 heterocycles. The number of aromatic nitrogens is 5. The summed E-state index contributed by atoms with van der Waals surface area (Å²) in [7, 11) is 1.48. The monoisotopic (exact) mass is 514 g/mol. The topological polar surface area (TPSA) is 107 Å². The van der Waals surface area contributed by atoms with Crippen LogP contribution in [0.1, 0.15) is 41.5 Å². The van der Waals surface area contributed by atoms with E-state index in [0.29, 0.717) is 18.0 Å². The number of rotatable bonds is 8. The van der Waals surface area contributed by atoms with Crippen LogP contribution in [0.2, 0.25) is 0 Å². The molecule has 4 aromatic rings. The maximum absolute atomic E-state index is 12.8. The Morgan fingerprint density at radius 2 is 1.89 bits per heavy atom. The third-order valence-electron chi connectivity index (χ3n) is 5.65. The average molecular weight is 515 g/mol. The number of carbonyl (C=O) groups excluding carboxylic acids is 1. The average Bonchev–Trinajstić information content (AvgIpc) is 3.52. The highest BCUT2D eigenvalue weighted by atomic mass is 19.4. The van der Waals surface area contributed by atoms with Gasteiger partial charge in [-0.15, -0.1) is 10.2 Å². The lowest BCUT2D eigenvalue weighted by Crippen LogP contribution is -2.35. The fourth-order valence-corrected chi connectivity index (χ4v) is 3.84. The van der Waals surface area contributed by atoms with Gasteiger partial charge in [0, 0.05) is 30.7 Å². The molecular weight excluding hydrogens is 489 g/mol. The standard InChI is InChI=1S/C25H25F3N6O3/c1-15(2)18-10-19(20(35)11-21(18)37-3)22-31-32-23(24(36)30-13-25(26,27)28)34(22)17-6-4-16(5-7-17)12-33-9-8-29-14-33/h4-11,14-15,35H,12-13H2,1-3H3,(H,30,36). The zero-order valence-electron chi connectivity index (χ0n) is 20.3. The van der Waals surface area contributed by atoms with Crippen LogP contribution in [-0.2, 0) is 6.54 Å². The van der Waals surface area contributed by atoms with E-state index >= 15 is 0 Å². The third-order valence-corrected chi connectivity index (χ3v) is 5.65. The lowest BCUT2D eigenvalue weighted by Gasteiger charge is -2.16. The van der Waals surface area contributed by atoms with Crippen molar-refractivity contribution in [1.29, 1.82) is 0 Å². The molecule has 0 unspecified atom stereocenters. The number of alkyl halides is 3. The van der Waals surface area contributed by atoms with E-state index in [9.17, 15) is 23.1 Å². The number of phenolic OH excluding ortho intramolecular Hbond substituents is 1. The summed E-state index contributed by atoms with van der Waals surface area (Å²) in [5, 5.41) is 20.6. The molecule has 0 atom stereocenters. The normalized spacial score (nSPS) is 11.6. The van der Waals surface area contributed by atoms with Crippen LogP contribution in [-0.4, -0.2) is 55.2 Å². The van der Waals surface area contributed by atoms with Gasteiger partial charge in [-0.1, -0.05) is 26.0 Å². The van der Waals surface area contributed by atoms with Crippen molar-refractivity contribution in [3.05, 3.63) is 72.1 Å². The largest absolute Gasteiger partial charge is 0.507 e. The predicted molar refractivity (Wildman–Crippen MR) is 129 cm³/mol. The zero-order chi connectivity index (χ0) is 26.7. The Morgan fingerprint density at radius 3 is 2.49 bits per heavy atom. The first-order chi connectivity index (χ1) is 17.6. The molecule has 0 aliphatic rings. The number of amides is 1. The number of carbonyl (C=O) groups is 1. The number of methoxy groups -OCH3 is 1. The van der Waals surface area contributed by atoms with E-state index in [1.807, 2.05) is 42.1 Å². The summed E-state index contributed by atoms with van der Waals surface area (Å²) in [5.41, 5.74) is 2.36. The third kappa shape index (κ3) is 5.74. The minimum atomic E-state index is -4.60. The highest BCUT2D eigenvalue weighted by molar-refractivity contribution is 5.92. The second-order valence-electron chi connectivity index (χ2n) is 8.65. The molecule has 12 heteroatoms. The highest BCUT2D eigenvalue weighted by Crippen LogP contribution is 2.38. The molecule has 0 saturated carbocycles. The van der Waals surface area contributed by atoms with E-state index < -0.39 is 18.6 Å². The van der Waals surface area contributed by atoms with Crippen molar-refractivity contribution >= 4 is 5.91 Å². The minimum absolute atomic E-state index is 0.0164. The van der Waals surface area contributed by atoms with Gasteiger partial charge in [-0.2, -0.15) is 13.2 Å². The van der Waals surface area contributed by atoms with Gasteiger partial charge in [0.1, 0.15) is 18.0 Å². The van der Waals surface area contributed by atoms with Crippen LogP contribution in [0.4, 0.5) is 13.2 Å². The highest BCUT2D eigenvalue weighted by Gasteiger charge is 2.30. The van der Waals surface area contributed by atoms with Crippen molar-refractivity contribution in [2.24, 2.45) is 0 Å². The Labute approximate surface area is 210 Å². The van der Waals surface area contributed by atoms with Gasteiger partial charge in [0.15, 0.2) is 5.82 Å². The van der Waals surface area contributed by atoms with Gasteiger partial charge in [0.05, 0.1) is 19.0 Å². The van der Waals surface area contributed by atoms with E-state index in [0.717, 1.165) is 11.1 Å². The summed E-state index contributed by atoms with van der Waals surface area (Å²) < 4.78 is 46.8. The number of hydrogen-bond donors (Lipinski definition) is 2. The van der Waals surface area contributed by atoms with E-state index in [-0.39, 0.29) is 28.9 Å². The summed E-state index contributed by atoms with van der Waals surface area (Å²) in [5.74, 6) is -1.04. The summed E-state index contributed by atoms with van der Waals surface area (Å²) in [4.78, 5) is 16.8. The van der Waals surface area contributed by atoms with Crippen molar-refractivity contribution in [1.82, 2.24) is 29.6 Å². The maximum Gasteiger partial charge on any atom is 0.405 e. The number of ether oxygens (including phenoxy) is 1. The molecule has 0 aliphatic heterocycles. The van der Waals surface area contributed by atoms with Crippen molar-refractivity contribution in [2.45, 2.75) is 32.5 Å². The number of phenols is 1. The first-order valence-electron chi connectivity index (χ1n) is 11.3. The van der Waals surface area contributed by atoms with Crippen LogP contribution >= 0.6 is 0 Å². The van der Waals surface area contributed by atoms with Gasteiger partial charge in [0.25, 0.3) is 5.91 Å². The minimum Gasteiger partial charge on any atom is -0.507 e. The van der Waals surface area contributed by atoms with Gasteiger partial charge in [-0.3, -0.25) is 9.36 Å². The van der Waals surface area contributed by atoms with E-state index in [1.165, 1.54) is 17.7 Å². The van der Waals surface area contributed by atoms with Crippen LogP contribution in [0.15, 0.2) is 55.1 Å². The van der Waals surface area contributed by atoms with Crippen molar-refractivity contribution < 1.29 is 27.8 Å². The van der Waals surface area contributed by atoms with Crippen LogP contribution < -0.4 is 10.1 Å². The van der Waals surface area contributed by atoms with Crippen LogP contribution in [0.5, 0.6) is 11.5 Å². The number of nitrogens with one attached hydrogen (secondary N) is 1. The molecule has 194 valence electrons. The van der Waals surface area contributed by atoms with E-state index in [2.05, 4.69) is 15.2 Å². The number of aromatic hydroxyl groups is 1. The maximum atomic E-state index is 12.8. The Hall–Kier alpha value is -4.35. The van der Waals surface area contributed by atoms with E-state index in [1.54, 1.807) is 30.7 Å². The van der Waals surface area contributed by atoms with Crippen LogP contribution in [0.3, 0.4) is 0 Å². The molecular formula is C25H25F3N6O3. The van der Waals surface area contributed by atoms with Crippen molar-refractivity contribution in [3.8, 4) is 28.6 Å². The predicted octanol–water partition coefficient (Wildman–Crippen LogP) is 4.31. The molecule has 2 aromatic heterocycles. The van der Waals surface area contributed by atoms with Crippen molar-refractivity contribution in [2.75, 3.05) is 13.7 Å².